The molecule has 0 aromatic carbocycles. The highest BCUT2D eigenvalue weighted by Crippen LogP contribution is 2.36. The van der Waals surface area contributed by atoms with Crippen LogP contribution in [0.5, 0.6) is 0 Å². The van der Waals surface area contributed by atoms with Gasteiger partial charge in [0.15, 0.2) is 0 Å². The largest absolute Gasteiger partial charge is 0.379 e. The van der Waals surface area contributed by atoms with Crippen LogP contribution in [0.4, 0.5) is 0 Å². The van der Waals surface area contributed by atoms with Crippen LogP contribution in [0.25, 0.3) is 0 Å². The van der Waals surface area contributed by atoms with Crippen molar-refractivity contribution < 1.29 is 4.74 Å². The minimum absolute atomic E-state index is 0.0236. The fourth-order valence-corrected chi connectivity index (χ4v) is 3.70. The maximum Gasteiger partial charge on any atom is 0.147 e. The minimum Gasteiger partial charge on any atom is -0.379 e. The first kappa shape index (κ1) is 13.0. The van der Waals surface area contributed by atoms with E-state index in [-0.39, 0.29) is 11.6 Å². The van der Waals surface area contributed by atoms with Gasteiger partial charge in [-0.1, -0.05) is 12.8 Å². The van der Waals surface area contributed by atoms with E-state index in [1.807, 2.05) is 13.4 Å². The Morgan fingerprint density at radius 2 is 2.37 bits per heavy atom. The lowest BCUT2D eigenvalue weighted by Gasteiger charge is -2.51. The summed E-state index contributed by atoms with van der Waals surface area (Å²) in [5, 5.41) is 8.20. The van der Waals surface area contributed by atoms with E-state index >= 15 is 0 Å². The number of nitrogens with zero attached hydrogens (tertiary/aromatic N) is 4. The molecular weight excluding hydrogens is 242 g/mol. The Balaban J connectivity index is 1.86. The van der Waals surface area contributed by atoms with Gasteiger partial charge in [0.1, 0.15) is 12.2 Å². The van der Waals surface area contributed by atoms with Gasteiger partial charge in [0.25, 0.3) is 0 Å². The zero-order valence-corrected chi connectivity index (χ0v) is 11.6. The Labute approximate surface area is 113 Å². The molecule has 0 bridgehead atoms. The van der Waals surface area contributed by atoms with E-state index in [2.05, 4.69) is 19.7 Å². The van der Waals surface area contributed by atoms with Crippen molar-refractivity contribution in [1.29, 1.82) is 0 Å². The lowest BCUT2D eigenvalue weighted by Crippen LogP contribution is -2.64. The predicted octanol–water partition coefficient (Wildman–Crippen LogP) is 0.380. The lowest BCUT2D eigenvalue weighted by atomic mass is 9.77. The second kappa shape index (κ2) is 5.19. The van der Waals surface area contributed by atoms with Gasteiger partial charge in [0.2, 0.25) is 0 Å². The zero-order valence-electron chi connectivity index (χ0n) is 11.6. The van der Waals surface area contributed by atoms with Crippen molar-refractivity contribution in [3.05, 3.63) is 12.2 Å². The highest BCUT2D eigenvalue weighted by atomic mass is 16.5. The topological polar surface area (TPSA) is 69.2 Å². The summed E-state index contributed by atoms with van der Waals surface area (Å²) in [5.74, 6) is 1.04. The molecule has 1 aliphatic carbocycles. The summed E-state index contributed by atoms with van der Waals surface area (Å²) in [7, 11) is 1.81. The van der Waals surface area contributed by atoms with Crippen LogP contribution in [0.15, 0.2) is 6.33 Å². The van der Waals surface area contributed by atoms with Crippen molar-refractivity contribution in [3.8, 4) is 0 Å². The van der Waals surface area contributed by atoms with Crippen LogP contribution in [-0.2, 0) is 17.8 Å². The third-order valence-electron chi connectivity index (χ3n) is 4.83. The monoisotopic (exact) mass is 265 g/mol. The number of nitrogens with two attached hydrogens (primary N) is 1. The van der Waals surface area contributed by atoms with E-state index in [9.17, 15) is 0 Å². The molecule has 2 heterocycles. The summed E-state index contributed by atoms with van der Waals surface area (Å²) in [5.41, 5.74) is 6.14. The molecule has 0 spiro atoms. The third kappa shape index (κ3) is 2.07. The van der Waals surface area contributed by atoms with Crippen molar-refractivity contribution in [2.45, 2.75) is 50.4 Å². The summed E-state index contributed by atoms with van der Waals surface area (Å²) in [6, 6.07) is 0. The number of rotatable bonds is 3. The first-order chi connectivity index (χ1) is 9.30. The number of hydrogen-bond donors (Lipinski definition) is 1. The Morgan fingerprint density at radius 3 is 3.16 bits per heavy atom. The average molecular weight is 265 g/mol. The van der Waals surface area contributed by atoms with Crippen LogP contribution in [0.2, 0.25) is 0 Å². The second-order valence-corrected chi connectivity index (χ2v) is 5.64. The van der Waals surface area contributed by atoms with Crippen molar-refractivity contribution in [1.82, 2.24) is 19.7 Å². The van der Waals surface area contributed by atoms with Crippen LogP contribution in [-0.4, -0.2) is 51.5 Å². The van der Waals surface area contributed by atoms with Gasteiger partial charge in [-0.3, -0.25) is 4.90 Å². The summed E-state index contributed by atoms with van der Waals surface area (Å²) >= 11 is 0. The van der Waals surface area contributed by atoms with E-state index in [4.69, 9.17) is 10.5 Å². The number of methoxy groups -OCH3 is 1. The molecule has 19 heavy (non-hydrogen) atoms. The summed E-state index contributed by atoms with van der Waals surface area (Å²) in [6.07, 6.45) is 6.76. The summed E-state index contributed by atoms with van der Waals surface area (Å²) < 4.78 is 7.89. The van der Waals surface area contributed by atoms with Crippen LogP contribution >= 0.6 is 0 Å². The summed E-state index contributed by atoms with van der Waals surface area (Å²) in [4.78, 5) is 2.48. The van der Waals surface area contributed by atoms with E-state index in [0.717, 1.165) is 38.3 Å². The van der Waals surface area contributed by atoms with Crippen LogP contribution in [0.3, 0.4) is 0 Å². The first-order valence-corrected chi connectivity index (χ1v) is 7.15. The third-order valence-corrected chi connectivity index (χ3v) is 4.83. The van der Waals surface area contributed by atoms with E-state index in [1.165, 1.54) is 12.8 Å². The van der Waals surface area contributed by atoms with E-state index in [1.54, 1.807) is 0 Å². The van der Waals surface area contributed by atoms with Gasteiger partial charge >= 0.3 is 0 Å². The van der Waals surface area contributed by atoms with Gasteiger partial charge in [0.05, 0.1) is 18.2 Å². The molecule has 6 heteroatoms. The molecule has 1 saturated carbocycles. The van der Waals surface area contributed by atoms with E-state index < -0.39 is 0 Å². The molecule has 106 valence electrons. The molecule has 2 unspecified atom stereocenters. The number of hydrogen-bond acceptors (Lipinski definition) is 5. The number of fused-ring (bicyclic) bond motifs is 1. The molecule has 1 fully saturated rings. The minimum atomic E-state index is -0.0236. The van der Waals surface area contributed by atoms with Crippen molar-refractivity contribution in [2.24, 2.45) is 5.73 Å². The molecule has 2 aliphatic rings. The quantitative estimate of drug-likeness (QED) is 0.855. The number of ether oxygens (including phenoxy) is 1. The Morgan fingerprint density at radius 1 is 1.47 bits per heavy atom. The fraction of sp³-hybridized carbons (Fsp3) is 0.846. The molecule has 3 rings (SSSR count). The summed E-state index contributed by atoms with van der Waals surface area (Å²) in [6.45, 7) is 3.43. The zero-order chi connectivity index (χ0) is 13.3. The van der Waals surface area contributed by atoms with Crippen LogP contribution in [0, 0.1) is 0 Å². The maximum absolute atomic E-state index is 6.17. The Bertz CT molecular complexity index is 434. The average Bonchev–Trinajstić information content (AvgIpc) is 2.94. The molecule has 1 aromatic heterocycles. The lowest BCUT2D eigenvalue weighted by molar-refractivity contribution is -0.0854. The van der Waals surface area contributed by atoms with Crippen molar-refractivity contribution in [3.63, 3.8) is 0 Å². The molecule has 2 atom stereocenters. The molecule has 0 amide bonds. The molecule has 0 saturated heterocycles. The maximum atomic E-state index is 6.17. The van der Waals surface area contributed by atoms with Crippen molar-refractivity contribution >= 4 is 0 Å². The molecule has 1 aromatic rings. The normalized spacial score (nSPS) is 32.2. The number of aromatic nitrogens is 3. The van der Waals surface area contributed by atoms with Crippen LogP contribution < -0.4 is 5.73 Å². The van der Waals surface area contributed by atoms with Gasteiger partial charge < -0.3 is 15.0 Å². The molecule has 2 N–H and O–H groups in total. The molecule has 6 nitrogen and oxygen atoms in total. The Kier molecular flexibility index (Phi) is 3.56. The molecule has 0 radical (unpaired) electrons. The standard InChI is InChI=1S/C13H23N5O/c1-19-11-4-2-3-5-13(11,9-14)18-7-6-17-10-15-16-12(17)8-18/h10-11H,2-9,14H2,1H3. The van der Waals surface area contributed by atoms with Gasteiger partial charge in [-0.05, 0) is 12.8 Å². The smallest absolute Gasteiger partial charge is 0.147 e. The Hall–Kier alpha value is -0.980. The first-order valence-electron chi connectivity index (χ1n) is 7.15. The second-order valence-electron chi connectivity index (χ2n) is 5.64. The van der Waals surface area contributed by atoms with Gasteiger partial charge in [-0.15, -0.1) is 10.2 Å². The van der Waals surface area contributed by atoms with Crippen LogP contribution in [0.1, 0.15) is 31.5 Å². The van der Waals surface area contributed by atoms with Crippen molar-refractivity contribution in [2.75, 3.05) is 20.2 Å². The van der Waals surface area contributed by atoms with E-state index in [0.29, 0.717) is 6.54 Å². The predicted molar refractivity (Wildman–Crippen MR) is 71.5 cm³/mol. The molecular formula is C13H23N5O. The van der Waals surface area contributed by atoms with Gasteiger partial charge in [0, 0.05) is 26.7 Å². The SMILES string of the molecule is COC1CCCCC1(CN)N1CCn2cnnc2C1. The molecule has 1 aliphatic heterocycles. The van der Waals surface area contributed by atoms with Gasteiger partial charge in [-0.2, -0.15) is 0 Å². The highest BCUT2D eigenvalue weighted by molar-refractivity contribution is 5.04. The highest BCUT2D eigenvalue weighted by Gasteiger charge is 2.45. The van der Waals surface area contributed by atoms with Gasteiger partial charge in [-0.25, -0.2) is 0 Å². The fourth-order valence-electron chi connectivity index (χ4n) is 3.70.